The number of thiophene rings is 1. The molecule has 0 saturated carbocycles. The number of oxazole rings is 1. The fraction of sp³-hybridized carbons (Fsp3) is 0.0625. The maximum absolute atomic E-state index is 11.9. The van der Waals surface area contributed by atoms with Gasteiger partial charge in [0.15, 0.2) is 0 Å². The van der Waals surface area contributed by atoms with Crippen LogP contribution in [0.15, 0.2) is 47.1 Å². The van der Waals surface area contributed by atoms with Gasteiger partial charge in [-0.05, 0) is 24.3 Å². The van der Waals surface area contributed by atoms with E-state index in [1.54, 1.807) is 36.4 Å². The van der Waals surface area contributed by atoms with Gasteiger partial charge in [-0.3, -0.25) is 4.79 Å². The second-order valence-corrected chi connectivity index (χ2v) is 6.32. The predicted molar refractivity (Wildman–Crippen MR) is 87.2 cm³/mol. The zero-order valence-electron chi connectivity index (χ0n) is 11.7. The summed E-state index contributed by atoms with van der Waals surface area (Å²) in [5.74, 6) is 0.181. The Morgan fingerprint density at radius 3 is 2.74 bits per heavy atom. The van der Waals surface area contributed by atoms with Crippen molar-refractivity contribution >= 4 is 28.8 Å². The summed E-state index contributed by atoms with van der Waals surface area (Å²) >= 11 is 7.01. The van der Waals surface area contributed by atoms with Crippen LogP contribution in [-0.4, -0.2) is 10.9 Å². The summed E-state index contributed by atoms with van der Waals surface area (Å²) in [7, 11) is 0. The van der Waals surface area contributed by atoms with Crippen LogP contribution < -0.4 is 5.32 Å². The molecule has 0 aliphatic heterocycles. The number of carbonyl (C=O) groups is 1. The largest absolute Gasteiger partial charge is 0.446 e. The summed E-state index contributed by atoms with van der Waals surface area (Å²) in [5.41, 5.74) is 2.08. The number of aromatic nitrogens is 1. The van der Waals surface area contributed by atoms with Crippen molar-refractivity contribution in [2.75, 3.05) is 0 Å². The van der Waals surface area contributed by atoms with Crippen LogP contribution in [0.3, 0.4) is 0 Å². The molecule has 0 aliphatic carbocycles. The van der Waals surface area contributed by atoms with E-state index >= 15 is 0 Å². The Kier molecular flexibility index (Phi) is 4.42. The average Bonchev–Trinajstić information content (AvgIpc) is 3.22. The van der Waals surface area contributed by atoms with Gasteiger partial charge in [0.25, 0.3) is 5.91 Å². The molecule has 1 amide bonds. The van der Waals surface area contributed by atoms with Gasteiger partial charge in [0.1, 0.15) is 12.0 Å². The van der Waals surface area contributed by atoms with Crippen LogP contribution in [0.1, 0.15) is 21.1 Å². The molecule has 3 rings (SSSR count). The monoisotopic (exact) mass is 343 g/mol. The topological polar surface area (TPSA) is 78.9 Å². The Labute approximate surface area is 141 Å². The third-order valence-electron chi connectivity index (χ3n) is 3.06. The molecule has 114 valence electrons. The van der Waals surface area contributed by atoms with E-state index < -0.39 is 0 Å². The molecule has 0 fully saturated rings. The highest BCUT2D eigenvalue weighted by Crippen LogP contribution is 2.22. The van der Waals surface area contributed by atoms with Crippen molar-refractivity contribution < 1.29 is 9.21 Å². The molecule has 0 atom stereocenters. The number of nitriles is 1. The lowest BCUT2D eigenvalue weighted by Gasteiger charge is -1.99. The number of hydrogen-bond donors (Lipinski definition) is 1. The van der Waals surface area contributed by atoms with Crippen LogP contribution in [-0.2, 0) is 6.54 Å². The predicted octanol–water partition coefficient (Wildman–Crippen LogP) is 3.86. The number of benzene rings is 1. The van der Waals surface area contributed by atoms with Crippen molar-refractivity contribution in [1.29, 1.82) is 5.26 Å². The minimum atomic E-state index is -0.222. The van der Waals surface area contributed by atoms with Gasteiger partial charge >= 0.3 is 0 Å². The fourth-order valence-electron chi connectivity index (χ4n) is 1.92. The van der Waals surface area contributed by atoms with Crippen LogP contribution in [0.25, 0.3) is 11.3 Å². The molecule has 5 nitrogen and oxygen atoms in total. The highest BCUT2D eigenvalue weighted by molar-refractivity contribution is 7.17. The van der Waals surface area contributed by atoms with Gasteiger partial charge in [-0.15, -0.1) is 11.3 Å². The average molecular weight is 344 g/mol. The Morgan fingerprint density at radius 2 is 2.09 bits per heavy atom. The Hall–Kier alpha value is -2.62. The molecule has 3 aromatic rings. The van der Waals surface area contributed by atoms with Gasteiger partial charge < -0.3 is 9.73 Å². The third kappa shape index (κ3) is 3.59. The molecule has 23 heavy (non-hydrogen) atoms. The fourth-order valence-corrected chi connectivity index (χ4v) is 2.88. The van der Waals surface area contributed by atoms with E-state index in [2.05, 4.69) is 16.4 Å². The van der Waals surface area contributed by atoms with Crippen LogP contribution in [0, 0.1) is 11.3 Å². The maximum atomic E-state index is 11.9. The Bertz CT molecular complexity index is 877. The van der Waals surface area contributed by atoms with Crippen molar-refractivity contribution in [3.8, 4) is 17.3 Å². The van der Waals surface area contributed by atoms with Gasteiger partial charge in [0.05, 0.1) is 27.4 Å². The molecule has 0 saturated heterocycles. The van der Waals surface area contributed by atoms with Crippen molar-refractivity contribution in [1.82, 2.24) is 10.3 Å². The number of halogens is 1. The smallest absolute Gasteiger partial charge is 0.261 e. The van der Waals surface area contributed by atoms with Gasteiger partial charge in [0, 0.05) is 5.56 Å². The SMILES string of the molecule is N#Cc1ccc(-c2coc(CNC(=O)c3ccc(Cl)s3)n2)cc1. The first-order valence-electron chi connectivity index (χ1n) is 6.64. The minimum absolute atomic E-state index is 0.185. The summed E-state index contributed by atoms with van der Waals surface area (Å²) in [6.45, 7) is 0.185. The van der Waals surface area contributed by atoms with Crippen molar-refractivity contribution in [3.63, 3.8) is 0 Å². The summed E-state index contributed by atoms with van der Waals surface area (Å²) in [5, 5.41) is 11.5. The van der Waals surface area contributed by atoms with E-state index in [0.717, 1.165) is 5.56 Å². The lowest BCUT2D eigenvalue weighted by molar-refractivity contribution is 0.0951. The third-order valence-corrected chi connectivity index (χ3v) is 4.29. The molecule has 1 N–H and O–H groups in total. The molecule has 0 bridgehead atoms. The number of hydrogen-bond acceptors (Lipinski definition) is 5. The standard InChI is InChI=1S/C16H10ClN3O2S/c17-14-6-5-13(23-14)16(21)19-8-15-20-12(9-22-15)11-3-1-10(7-18)2-4-11/h1-6,9H,8H2,(H,19,21). The van der Waals surface area contributed by atoms with Crippen molar-refractivity contribution in [3.05, 3.63) is 63.3 Å². The highest BCUT2D eigenvalue weighted by Gasteiger charge is 2.11. The summed E-state index contributed by atoms with van der Waals surface area (Å²) in [6.07, 6.45) is 1.52. The lowest BCUT2D eigenvalue weighted by atomic mass is 10.1. The number of amides is 1. The van der Waals surface area contributed by atoms with E-state index in [9.17, 15) is 4.79 Å². The molecule has 2 heterocycles. The first-order valence-corrected chi connectivity index (χ1v) is 7.83. The van der Waals surface area contributed by atoms with Crippen molar-refractivity contribution in [2.24, 2.45) is 0 Å². The molecule has 0 radical (unpaired) electrons. The number of nitrogens with one attached hydrogen (secondary N) is 1. The maximum Gasteiger partial charge on any atom is 0.261 e. The van der Waals surface area contributed by atoms with E-state index in [4.69, 9.17) is 21.3 Å². The molecule has 0 spiro atoms. The van der Waals surface area contributed by atoms with Gasteiger partial charge in [-0.1, -0.05) is 23.7 Å². The van der Waals surface area contributed by atoms with Gasteiger partial charge in [0.2, 0.25) is 5.89 Å². The minimum Gasteiger partial charge on any atom is -0.446 e. The van der Waals surface area contributed by atoms with Crippen LogP contribution in [0.4, 0.5) is 0 Å². The van der Waals surface area contributed by atoms with Crippen LogP contribution in [0.5, 0.6) is 0 Å². The molecule has 2 aromatic heterocycles. The molecular formula is C16H10ClN3O2S. The lowest BCUT2D eigenvalue weighted by Crippen LogP contribution is -2.21. The summed E-state index contributed by atoms with van der Waals surface area (Å²) < 4.78 is 5.92. The number of rotatable bonds is 4. The normalized spacial score (nSPS) is 10.3. The molecule has 0 unspecified atom stereocenters. The second-order valence-electron chi connectivity index (χ2n) is 4.60. The highest BCUT2D eigenvalue weighted by atomic mass is 35.5. The molecular weight excluding hydrogens is 334 g/mol. The summed E-state index contributed by atoms with van der Waals surface area (Å²) in [4.78, 5) is 16.8. The van der Waals surface area contributed by atoms with Crippen LogP contribution >= 0.6 is 22.9 Å². The van der Waals surface area contributed by atoms with Crippen LogP contribution in [0.2, 0.25) is 4.34 Å². The number of carbonyl (C=O) groups excluding carboxylic acids is 1. The first-order chi connectivity index (χ1) is 11.2. The number of nitrogens with zero attached hydrogens (tertiary/aromatic N) is 2. The quantitative estimate of drug-likeness (QED) is 0.780. The molecule has 7 heteroatoms. The second kappa shape index (κ2) is 6.65. The van der Waals surface area contributed by atoms with E-state index in [-0.39, 0.29) is 12.5 Å². The van der Waals surface area contributed by atoms with Gasteiger partial charge in [-0.25, -0.2) is 4.98 Å². The molecule has 1 aromatic carbocycles. The van der Waals surface area contributed by atoms with E-state index in [1.165, 1.54) is 17.6 Å². The zero-order valence-corrected chi connectivity index (χ0v) is 13.3. The van der Waals surface area contributed by atoms with Gasteiger partial charge in [-0.2, -0.15) is 5.26 Å². The zero-order chi connectivity index (χ0) is 16.2. The summed E-state index contributed by atoms with van der Waals surface area (Å²) in [6, 6.07) is 12.4. The van der Waals surface area contributed by atoms with E-state index in [1.807, 2.05) is 0 Å². The Morgan fingerprint density at radius 1 is 1.30 bits per heavy atom. The Balaban J connectivity index is 1.65. The van der Waals surface area contributed by atoms with Crippen molar-refractivity contribution in [2.45, 2.75) is 6.54 Å². The molecule has 0 aliphatic rings. The first kappa shape index (κ1) is 15.3. The van der Waals surface area contributed by atoms with E-state index in [0.29, 0.717) is 26.4 Å².